The van der Waals surface area contributed by atoms with Crippen LogP contribution < -0.4 is 4.90 Å². The van der Waals surface area contributed by atoms with Crippen molar-refractivity contribution in [3.05, 3.63) is 317 Å². The fraction of sp³-hybridized carbons (Fsp3) is 0.0294. The molecule has 11 aromatic carbocycles. The minimum absolute atomic E-state index is 0.459. The molecule has 0 saturated carbocycles. The van der Waals surface area contributed by atoms with Crippen LogP contribution in [0.25, 0.3) is 55.6 Å². The Hall–Kier alpha value is -8.78. The molecule has 0 unspecified atom stereocenters. The normalized spacial score (nSPS) is 13.7. The minimum Gasteiger partial charge on any atom is -0.310 e. The summed E-state index contributed by atoms with van der Waals surface area (Å²) < 4.78 is 0. The highest BCUT2D eigenvalue weighted by Gasteiger charge is 2.58. The fourth-order valence-corrected chi connectivity index (χ4v) is 12.6. The number of fused-ring (bicyclic) bond motifs is 16. The van der Waals surface area contributed by atoms with Crippen molar-refractivity contribution in [3.8, 4) is 55.6 Å². The molecule has 0 atom stereocenters. The van der Waals surface area contributed by atoms with E-state index in [2.05, 4.69) is 278 Å². The van der Waals surface area contributed by atoms with Crippen LogP contribution >= 0.6 is 0 Å². The zero-order chi connectivity index (χ0) is 45.5. The minimum atomic E-state index is -0.522. The molecule has 3 aliphatic rings. The molecule has 0 saturated heterocycles. The summed E-state index contributed by atoms with van der Waals surface area (Å²) in [7, 11) is 0. The molecule has 0 aliphatic heterocycles. The quantitative estimate of drug-likeness (QED) is 0.161. The van der Waals surface area contributed by atoms with E-state index in [1.807, 2.05) is 0 Å². The van der Waals surface area contributed by atoms with Gasteiger partial charge in [0, 0.05) is 17.1 Å². The third-order valence-corrected chi connectivity index (χ3v) is 15.4. The lowest BCUT2D eigenvalue weighted by Crippen LogP contribution is -2.43. The van der Waals surface area contributed by atoms with Crippen LogP contribution in [-0.2, 0) is 10.8 Å². The summed E-state index contributed by atoms with van der Waals surface area (Å²) in [5, 5.41) is 0. The number of hydrogen-bond donors (Lipinski definition) is 0. The van der Waals surface area contributed by atoms with Crippen LogP contribution in [0.2, 0.25) is 0 Å². The topological polar surface area (TPSA) is 3.24 Å². The SMILES string of the molecule is c1ccc(-c2ccc(N(c3ccc(-c4ccccc4)cc3)c3cccc(-c4ccc5c(c4)-c4ccccc4C54c5ccccc5C5(c6ccccc6-c6ccccc65)c5ccccc54)c3)cc2)cc1. The van der Waals surface area contributed by atoms with E-state index in [9.17, 15) is 0 Å². The maximum absolute atomic E-state index is 2.46. The molecular weight excluding hydrogens is 831 g/mol. The average Bonchev–Trinajstić information content (AvgIpc) is 3.89. The fourth-order valence-electron chi connectivity index (χ4n) is 12.6. The summed E-state index contributed by atoms with van der Waals surface area (Å²) in [4.78, 5) is 2.38. The molecule has 1 nitrogen and oxygen atoms in total. The van der Waals surface area contributed by atoms with E-state index in [1.54, 1.807) is 0 Å². The van der Waals surface area contributed by atoms with Gasteiger partial charge in [-0.3, -0.25) is 0 Å². The lowest BCUT2D eigenvalue weighted by Gasteiger charge is -2.48. The molecule has 0 radical (unpaired) electrons. The molecule has 2 spiro atoms. The maximum atomic E-state index is 2.46. The first-order chi connectivity index (χ1) is 34.2. The molecule has 0 fully saturated rings. The Kier molecular flexibility index (Phi) is 8.78. The maximum Gasteiger partial charge on any atom is 0.0720 e. The Morgan fingerprint density at radius 2 is 0.507 bits per heavy atom. The smallest absolute Gasteiger partial charge is 0.0720 e. The first-order valence-electron chi connectivity index (χ1n) is 24.1. The van der Waals surface area contributed by atoms with Gasteiger partial charge in [0.15, 0.2) is 0 Å². The van der Waals surface area contributed by atoms with E-state index in [-0.39, 0.29) is 0 Å². The van der Waals surface area contributed by atoms with Crippen molar-refractivity contribution in [2.24, 2.45) is 0 Å². The van der Waals surface area contributed by atoms with Gasteiger partial charge in [-0.25, -0.2) is 0 Å². The van der Waals surface area contributed by atoms with Crippen molar-refractivity contribution in [1.29, 1.82) is 0 Å². The van der Waals surface area contributed by atoms with Crippen LogP contribution in [0.15, 0.2) is 273 Å². The van der Waals surface area contributed by atoms with E-state index in [1.165, 1.54) is 100 Å². The summed E-state index contributed by atoms with van der Waals surface area (Å²) in [5.41, 5.74) is 25.5. The summed E-state index contributed by atoms with van der Waals surface area (Å²) in [6.45, 7) is 0. The van der Waals surface area contributed by atoms with Gasteiger partial charge in [-0.2, -0.15) is 0 Å². The van der Waals surface area contributed by atoms with Crippen molar-refractivity contribution in [1.82, 2.24) is 0 Å². The molecule has 1 heteroatoms. The molecule has 3 aliphatic carbocycles. The lowest BCUT2D eigenvalue weighted by atomic mass is 9.52. The third kappa shape index (κ3) is 5.65. The van der Waals surface area contributed by atoms with E-state index < -0.39 is 10.8 Å². The predicted octanol–water partition coefficient (Wildman–Crippen LogP) is 17.2. The van der Waals surface area contributed by atoms with E-state index >= 15 is 0 Å². The van der Waals surface area contributed by atoms with Crippen LogP contribution in [0.5, 0.6) is 0 Å². The molecule has 0 amide bonds. The Labute approximate surface area is 403 Å². The van der Waals surface area contributed by atoms with Crippen molar-refractivity contribution < 1.29 is 0 Å². The highest BCUT2D eigenvalue weighted by atomic mass is 15.1. The van der Waals surface area contributed by atoms with Crippen LogP contribution in [0, 0.1) is 0 Å². The van der Waals surface area contributed by atoms with Crippen LogP contribution in [0.1, 0.15) is 44.5 Å². The number of rotatable bonds is 6. The Balaban J connectivity index is 0.930. The number of hydrogen-bond acceptors (Lipinski definition) is 1. The van der Waals surface area contributed by atoms with Crippen LogP contribution in [-0.4, -0.2) is 0 Å². The molecule has 0 aromatic heterocycles. The number of anilines is 3. The predicted molar refractivity (Wildman–Crippen MR) is 286 cm³/mol. The second kappa shape index (κ2) is 15.4. The number of nitrogens with zero attached hydrogens (tertiary/aromatic N) is 1. The van der Waals surface area contributed by atoms with Crippen LogP contribution in [0.3, 0.4) is 0 Å². The average molecular weight is 876 g/mol. The van der Waals surface area contributed by atoms with E-state index in [0.29, 0.717) is 0 Å². The largest absolute Gasteiger partial charge is 0.310 e. The van der Waals surface area contributed by atoms with Gasteiger partial charge in [0.05, 0.1) is 10.8 Å². The van der Waals surface area contributed by atoms with E-state index in [0.717, 1.165) is 17.1 Å². The van der Waals surface area contributed by atoms with E-state index in [4.69, 9.17) is 0 Å². The standard InChI is InChI=1S/C68H45N/c1-3-18-46(19-4-1)48-34-39-52(40-35-48)69(53-41-36-49(37-42-53)47-20-5-2-6-21-47)54-23-17-22-50(44-54)51-38-43-62-58(45-51)57-26-9-12-29-61(57)68(62)65-32-15-13-30-63(65)67(64-31-14-16-33-66(64)68)59-27-10-7-24-55(59)56-25-8-11-28-60(56)67/h1-45H. The second-order valence-corrected chi connectivity index (χ2v) is 18.7. The molecule has 322 valence electrons. The molecule has 69 heavy (non-hydrogen) atoms. The van der Waals surface area contributed by atoms with Gasteiger partial charge in [0.25, 0.3) is 0 Å². The zero-order valence-corrected chi connectivity index (χ0v) is 37.9. The molecule has 0 bridgehead atoms. The first-order valence-corrected chi connectivity index (χ1v) is 24.1. The van der Waals surface area contributed by atoms with Gasteiger partial charge >= 0.3 is 0 Å². The van der Waals surface area contributed by atoms with Gasteiger partial charge in [0.2, 0.25) is 0 Å². The summed E-state index contributed by atoms with van der Waals surface area (Å²) in [5.74, 6) is 0. The zero-order valence-electron chi connectivity index (χ0n) is 37.9. The molecule has 0 N–H and O–H groups in total. The molecule has 14 rings (SSSR count). The summed E-state index contributed by atoms with van der Waals surface area (Å²) in [6.07, 6.45) is 0. The van der Waals surface area contributed by atoms with Crippen molar-refractivity contribution in [2.75, 3.05) is 4.90 Å². The van der Waals surface area contributed by atoms with Gasteiger partial charge < -0.3 is 4.90 Å². The van der Waals surface area contributed by atoms with Gasteiger partial charge in [-0.1, -0.05) is 231 Å². The van der Waals surface area contributed by atoms with Crippen molar-refractivity contribution in [2.45, 2.75) is 10.8 Å². The Morgan fingerprint density at radius 3 is 0.957 bits per heavy atom. The highest BCUT2D eigenvalue weighted by molar-refractivity contribution is 5.95. The third-order valence-electron chi connectivity index (χ3n) is 15.4. The summed E-state index contributed by atoms with van der Waals surface area (Å²) in [6, 6.07) is 102. The Morgan fingerprint density at radius 1 is 0.188 bits per heavy atom. The molecule has 0 heterocycles. The van der Waals surface area contributed by atoms with Gasteiger partial charge in [0.1, 0.15) is 0 Å². The number of benzene rings is 11. The second-order valence-electron chi connectivity index (χ2n) is 18.7. The van der Waals surface area contributed by atoms with Gasteiger partial charge in [-0.05, 0) is 143 Å². The van der Waals surface area contributed by atoms with Crippen molar-refractivity contribution >= 4 is 17.1 Å². The van der Waals surface area contributed by atoms with Crippen molar-refractivity contribution in [3.63, 3.8) is 0 Å². The molecule has 11 aromatic rings. The first kappa shape index (κ1) is 39.4. The van der Waals surface area contributed by atoms with Gasteiger partial charge in [-0.15, -0.1) is 0 Å². The summed E-state index contributed by atoms with van der Waals surface area (Å²) >= 11 is 0. The Bertz CT molecular complexity index is 3590. The van der Waals surface area contributed by atoms with Crippen LogP contribution in [0.4, 0.5) is 17.1 Å². The highest BCUT2D eigenvalue weighted by Crippen LogP contribution is 2.67. The molecular formula is C68H45N. The monoisotopic (exact) mass is 875 g/mol. The lowest BCUT2D eigenvalue weighted by molar-refractivity contribution is 0.633.